The number of aliphatic hydroxyl groups is 1. The predicted octanol–water partition coefficient (Wildman–Crippen LogP) is 0.663. The Hall–Kier alpha value is -2.54. The summed E-state index contributed by atoms with van der Waals surface area (Å²) < 4.78 is 9.77. The maximum absolute atomic E-state index is 11.9. The quantitative estimate of drug-likeness (QED) is 0.482. The molecule has 1 aromatic carbocycles. The SMILES string of the molecule is CCNC(=O)/C(=C/C(=O)OC)Nc1ccc(OCCO)cc1. The molecule has 1 amide bonds. The van der Waals surface area contributed by atoms with Crippen LogP contribution in [0.15, 0.2) is 36.0 Å². The summed E-state index contributed by atoms with van der Waals surface area (Å²) in [5.74, 6) is -0.443. The van der Waals surface area contributed by atoms with Crippen LogP contribution in [0, 0.1) is 0 Å². The Morgan fingerprint density at radius 2 is 1.95 bits per heavy atom. The number of benzene rings is 1. The number of hydrogen-bond donors (Lipinski definition) is 3. The Morgan fingerprint density at radius 3 is 2.50 bits per heavy atom. The third-order valence-electron chi connectivity index (χ3n) is 2.54. The number of hydrogen-bond acceptors (Lipinski definition) is 6. The number of ether oxygens (including phenoxy) is 2. The zero-order valence-corrected chi connectivity index (χ0v) is 12.6. The first-order chi connectivity index (χ1) is 10.6. The van der Waals surface area contributed by atoms with Gasteiger partial charge in [0.15, 0.2) is 0 Å². The van der Waals surface area contributed by atoms with Crippen molar-refractivity contribution in [2.45, 2.75) is 6.92 Å². The van der Waals surface area contributed by atoms with Gasteiger partial charge in [-0.15, -0.1) is 0 Å². The summed E-state index contributed by atoms with van der Waals surface area (Å²) in [4.78, 5) is 23.2. The Morgan fingerprint density at radius 1 is 1.27 bits per heavy atom. The van der Waals surface area contributed by atoms with Crippen molar-refractivity contribution < 1.29 is 24.2 Å². The minimum absolute atomic E-state index is 0.0663. The van der Waals surface area contributed by atoms with Gasteiger partial charge < -0.3 is 25.2 Å². The lowest BCUT2D eigenvalue weighted by atomic mass is 10.2. The molecule has 0 bridgehead atoms. The molecule has 7 nitrogen and oxygen atoms in total. The number of amides is 1. The molecule has 1 aromatic rings. The highest BCUT2D eigenvalue weighted by molar-refractivity contribution is 6.01. The van der Waals surface area contributed by atoms with Crippen molar-refractivity contribution in [3.63, 3.8) is 0 Å². The number of likely N-dealkylation sites (N-methyl/N-ethyl adjacent to an activating group) is 1. The Kier molecular flexibility index (Phi) is 7.49. The Balaban J connectivity index is 2.82. The van der Waals surface area contributed by atoms with Gasteiger partial charge in [-0.2, -0.15) is 0 Å². The third kappa shape index (κ3) is 5.84. The van der Waals surface area contributed by atoms with Crippen LogP contribution in [0.3, 0.4) is 0 Å². The van der Waals surface area contributed by atoms with Crippen LogP contribution in [0.5, 0.6) is 5.75 Å². The number of nitrogens with one attached hydrogen (secondary N) is 2. The van der Waals surface area contributed by atoms with E-state index < -0.39 is 11.9 Å². The molecule has 0 spiro atoms. The normalized spacial score (nSPS) is 10.8. The zero-order valence-electron chi connectivity index (χ0n) is 12.6. The van der Waals surface area contributed by atoms with E-state index in [1.807, 2.05) is 0 Å². The van der Waals surface area contributed by atoms with Crippen molar-refractivity contribution in [1.29, 1.82) is 0 Å². The maximum Gasteiger partial charge on any atom is 0.332 e. The third-order valence-corrected chi connectivity index (χ3v) is 2.54. The van der Waals surface area contributed by atoms with Crippen LogP contribution in [0.1, 0.15) is 6.92 Å². The minimum atomic E-state index is -0.628. The number of methoxy groups -OCH3 is 1. The van der Waals surface area contributed by atoms with Crippen LogP contribution in [-0.4, -0.2) is 43.9 Å². The molecule has 0 atom stereocenters. The van der Waals surface area contributed by atoms with E-state index in [9.17, 15) is 9.59 Å². The van der Waals surface area contributed by atoms with Crippen LogP contribution in [0.25, 0.3) is 0 Å². The highest BCUT2D eigenvalue weighted by atomic mass is 16.5. The molecule has 1 rings (SSSR count). The second kappa shape index (κ2) is 9.41. The summed E-state index contributed by atoms with van der Waals surface area (Å²) in [6.45, 7) is 2.36. The van der Waals surface area contributed by atoms with Crippen molar-refractivity contribution in [2.75, 3.05) is 32.2 Å². The Bertz CT molecular complexity index is 525. The highest BCUT2D eigenvalue weighted by Crippen LogP contribution is 2.17. The second-order valence-corrected chi connectivity index (χ2v) is 4.16. The first-order valence-corrected chi connectivity index (χ1v) is 6.79. The monoisotopic (exact) mass is 308 g/mol. The van der Waals surface area contributed by atoms with E-state index in [0.29, 0.717) is 18.0 Å². The van der Waals surface area contributed by atoms with Gasteiger partial charge in [0.05, 0.1) is 19.8 Å². The minimum Gasteiger partial charge on any atom is -0.491 e. The number of anilines is 1. The van der Waals surface area contributed by atoms with E-state index in [1.54, 1.807) is 31.2 Å². The summed E-state index contributed by atoms with van der Waals surface area (Å²) >= 11 is 0. The number of carbonyl (C=O) groups excluding carboxylic acids is 2. The van der Waals surface area contributed by atoms with E-state index in [-0.39, 0.29) is 18.9 Å². The fourth-order valence-corrected chi connectivity index (χ4v) is 1.54. The van der Waals surface area contributed by atoms with Gasteiger partial charge in [-0.05, 0) is 31.2 Å². The molecular formula is C15H20N2O5. The summed E-state index contributed by atoms with van der Waals surface area (Å²) in [7, 11) is 1.24. The van der Waals surface area contributed by atoms with Crippen molar-refractivity contribution >= 4 is 17.6 Å². The largest absolute Gasteiger partial charge is 0.491 e. The molecule has 22 heavy (non-hydrogen) atoms. The zero-order chi connectivity index (χ0) is 16.4. The van der Waals surface area contributed by atoms with Crippen LogP contribution in [0.2, 0.25) is 0 Å². The molecule has 0 aliphatic heterocycles. The molecule has 0 unspecified atom stereocenters. The van der Waals surface area contributed by atoms with Crippen LogP contribution in [0.4, 0.5) is 5.69 Å². The molecule has 7 heteroatoms. The standard InChI is InChI=1S/C15H20N2O5/c1-3-16-15(20)13(10-14(19)21-2)17-11-4-6-12(7-5-11)22-9-8-18/h4-7,10,17-18H,3,8-9H2,1-2H3,(H,16,20)/b13-10-. The molecule has 0 heterocycles. The average Bonchev–Trinajstić information content (AvgIpc) is 2.53. The van der Waals surface area contributed by atoms with Gasteiger partial charge in [0.25, 0.3) is 5.91 Å². The highest BCUT2D eigenvalue weighted by Gasteiger charge is 2.11. The summed E-state index contributed by atoms with van der Waals surface area (Å²) in [5.41, 5.74) is 0.690. The van der Waals surface area contributed by atoms with Crippen molar-refractivity contribution in [3.05, 3.63) is 36.0 Å². The average molecular weight is 308 g/mol. The summed E-state index contributed by atoms with van der Waals surface area (Å²) in [6.07, 6.45) is 1.08. The fraction of sp³-hybridized carbons (Fsp3) is 0.333. The van der Waals surface area contributed by atoms with Gasteiger partial charge in [0.2, 0.25) is 0 Å². The predicted molar refractivity (Wildman–Crippen MR) is 81.4 cm³/mol. The van der Waals surface area contributed by atoms with Gasteiger partial charge in [-0.25, -0.2) is 4.79 Å². The molecule has 0 saturated heterocycles. The number of esters is 1. The smallest absolute Gasteiger partial charge is 0.332 e. The topological polar surface area (TPSA) is 96.9 Å². The lowest BCUT2D eigenvalue weighted by Gasteiger charge is -2.11. The molecule has 120 valence electrons. The Labute approximate surface area is 128 Å². The fourth-order valence-electron chi connectivity index (χ4n) is 1.54. The second-order valence-electron chi connectivity index (χ2n) is 4.16. The lowest BCUT2D eigenvalue weighted by Crippen LogP contribution is -2.28. The molecule has 0 saturated carbocycles. The number of rotatable bonds is 8. The lowest BCUT2D eigenvalue weighted by molar-refractivity contribution is -0.135. The number of carbonyl (C=O) groups is 2. The van der Waals surface area contributed by atoms with Gasteiger partial charge in [-0.3, -0.25) is 4.79 Å². The van der Waals surface area contributed by atoms with Crippen LogP contribution < -0.4 is 15.4 Å². The summed E-state index contributed by atoms with van der Waals surface area (Å²) in [6, 6.07) is 6.76. The number of aliphatic hydroxyl groups excluding tert-OH is 1. The van der Waals surface area contributed by atoms with Crippen LogP contribution >= 0.6 is 0 Å². The van der Waals surface area contributed by atoms with Gasteiger partial charge in [0.1, 0.15) is 18.1 Å². The van der Waals surface area contributed by atoms with Crippen molar-refractivity contribution in [2.24, 2.45) is 0 Å². The molecular weight excluding hydrogens is 288 g/mol. The van der Waals surface area contributed by atoms with Crippen molar-refractivity contribution in [3.8, 4) is 5.75 Å². The van der Waals surface area contributed by atoms with E-state index in [1.165, 1.54) is 7.11 Å². The van der Waals surface area contributed by atoms with Crippen LogP contribution in [-0.2, 0) is 14.3 Å². The van der Waals surface area contributed by atoms with E-state index in [2.05, 4.69) is 15.4 Å². The van der Waals surface area contributed by atoms with E-state index in [4.69, 9.17) is 9.84 Å². The molecule has 0 aliphatic carbocycles. The van der Waals surface area contributed by atoms with Gasteiger partial charge in [0, 0.05) is 12.2 Å². The molecule has 0 aliphatic rings. The van der Waals surface area contributed by atoms with Gasteiger partial charge >= 0.3 is 5.97 Å². The molecule has 0 fully saturated rings. The molecule has 3 N–H and O–H groups in total. The van der Waals surface area contributed by atoms with Crippen molar-refractivity contribution in [1.82, 2.24) is 5.32 Å². The van der Waals surface area contributed by atoms with E-state index >= 15 is 0 Å². The van der Waals surface area contributed by atoms with Gasteiger partial charge in [-0.1, -0.05) is 0 Å². The first kappa shape index (κ1) is 17.5. The maximum atomic E-state index is 11.9. The summed E-state index contributed by atoms with van der Waals surface area (Å²) in [5, 5.41) is 14.1. The van der Waals surface area contributed by atoms with E-state index in [0.717, 1.165) is 6.08 Å². The molecule has 0 aromatic heterocycles. The first-order valence-electron chi connectivity index (χ1n) is 6.79. The molecule has 0 radical (unpaired) electrons.